The largest absolute Gasteiger partial charge is 0.493 e. The standard InChI is InChI=1S/C20H22FNO5/c1-3-4-9-27-17-8-6-14(10-18(17)26-2)20(25)22-15-7-5-13(11-19(23)24)16(21)12-15/h5-8,10,12H,3-4,9,11H2,1-2H3,(H,22,25)(H,23,24). The van der Waals surface area contributed by atoms with Crippen molar-refractivity contribution < 1.29 is 28.6 Å². The number of methoxy groups -OCH3 is 1. The Morgan fingerprint density at radius 2 is 1.93 bits per heavy atom. The summed E-state index contributed by atoms with van der Waals surface area (Å²) < 4.78 is 24.8. The Labute approximate surface area is 156 Å². The maximum absolute atomic E-state index is 13.9. The molecule has 0 aliphatic carbocycles. The zero-order valence-electron chi connectivity index (χ0n) is 15.3. The van der Waals surface area contributed by atoms with Crippen LogP contribution in [0.2, 0.25) is 0 Å². The molecule has 2 rings (SSSR count). The van der Waals surface area contributed by atoms with E-state index >= 15 is 0 Å². The molecule has 0 fully saturated rings. The summed E-state index contributed by atoms with van der Waals surface area (Å²) in [6.45, 7) is 2.62. The highest BCUT2D eigenvalue weighted by Gasteiger charge is 2.13. The van der Waals surface area contributed by atoms with Crippen LogP contribution in [0.15, 0.2) is 36.4 Å². The maximum Gasteiger partial charge on any atom is 0.307 e. The van der Waals surface area contributed by atoms with E-state index in [0.29, 0.717) is 23.7 Å². The van der Waals surface area contributed by atoms with Gasteiger partial charge in [-0.05, 0) is 42.3 Å². The predicted molar refractivity (Wildman–Crippen MR) is 99.1 cm³/mol. The monoisotopic (exact) mass is 375 g/mol. The lowest BCUT2D eigenvalue weighted by Gasteiger charge is -2.12. The van der Waals surface area contributed by atoms with Crippen LogP contribution in [0.4, 0.5) is 10.1 Å². The zero-order valence-corrected chi connectivity index (χ0v) is 15.3. The molecule has 2 N–H and O–H groups in total. The van der Waals surface area contributed by atoms with Crippen molar-refractivity contribution in [3.8, 4) is 11.5 Å². The first kappa shape index (κ1) is 20.2. The van der Waals surface area contributed by atoms with Gasteiger partial charge in [0.15, 0.2) is 11.5 Å². The third-order valence-corrected chi connectivity index (χ3v) is 3.83. The first-order valence-electron chi connectivity index (χ1n) is 8.57. The second-order valence-electron chi connectivity index (χ2n) is 5.90. The van der Waals surface area contributed by atoms with E-state index in [4.69, 9.17) is 14.6 Å². The number of halogens is 1. The number of unbranched alkanes of at least 4 members (excludes halogenated alkanes) is 1. The minimum absolute atomic E-state index is 0.0516. The summed E-state index contributed by atoms with van der Waals surface area (Å²) in [6, 6.07) is 8.68. The molecule has 0 atom stereocenters. The molecular formula is C20H22FNO5. The number of carbonyl (C=O) groups is 2. The smallest absolute Gasteiger partial charge is 0.307 e. The fourth-order valence-corrected chi connectivity index (χ4v) is 2.39. The highest BCUT2D eigenvalue weighted by atomic mass is 19.1. The Balaban J connectivity index is 2.11. The number of amides is 1. The normalized spacial score (nSPS) is 10.3. The number of carboxylic acid groups (broad SMARTS) is 1. The minimum atomic E-state index is -1.13. The van der Waals surface area contributed by atoms with Gasteiger partial charge in [-0.25, -0.2) is 4.39 Å². The highest BCUT2D eigenvalue weighted by molar-refractivity contribution is 6.04. The predicted octanol–water partition coefficient (Wildman–Crippen LogP) is 3.89. The Hall–Kier alpha value is -3.09. The van der Waals surface area contributed by atoms with Crippen LogP contribution in [0.5, 0.6) is 11.5 Å². The summed E-state index contributed by atoms with van der Waals surface area (Å²) in [5, 5.41) is 11.3. The fraction of sp³-hybridized carbons (Fsp3) is 0.300. The molecular weight excluding hydrogens is 353 g/mol. The molecule has 0 aliphatic heterocycles. The topological polar surface area (TPSA) is 84.9 Å². The van der Waals surface area contributed by atoms with Crippen molar-refractivity contribution >= 4 is 17.6 Å². The molecule has 0 spiro atoms. The van der Waals surface area contributed by atoms with Gasteiger partial charge in [-0.1, -0.05) is 19.4 Å². The van der Waals surface area contributed by atoms with Crippen molar-refractivity contribution in [2.75, 3.05) is 19.0 Å². The maximum atomic E-state index is 13.9. The van der Waals surface area contributed by atoms with Crippen molar-refractivity contribution in [2.45, 2.75) is 26.2 Å². The molecule has 0 aromatic heterocycles. The molecule has 7 heteroatoms. The van der Waals surface area contributed by atoms with Gasteiger partial charge in [0, 0.05) is 11.3 Å². The van der Waals surface area contributed by atoms with Crippen molar-refractivity contribution in [3.05, 3.63) is 53.3 Å². The summed E-state index contributed by atoms with van der Waals surface area (Å²) in [7, 11) is 1.49. The average Bonchev–Trinajstić information content (AvgIpc) is 2.64. The molecule has 0 aliphatic rings. The molecule has 0 unspecified atom stereocenters. The summed E-state index contributed by atoms with van der Waals surface area (Å²) in [5.41, 5.74) is 0.606. The number of carboxylic acids is 1. The van der Waals surface area contributed by atoms with Gasteiger partial charge in [-0.3, -0.25) is 9.59 Å². The first-order valence-corrected chi connectivity index (χ1v) is 8.57. The van der Waals surface area contributed by atoms with Crippen LogP contribution < -0.4 is 14.8 Å². The van der Waals surface area contributed by atoms with Crippen LogP contribution in [0.1, 0.15) is 35.7 Å². The Bertz CT molecular complexity index is 822. The molecule has 0 saturated heterocycles. The zero-order chi connectivity index (χ0) is 19.8. The van der Waals surface area contributed by atoms with Crippen molar-refractivity contribution in [1.29, 1.82) is 0 Å². The van der Waals surface area contributed by atoms with E-state index in [0.717, 1.165) is 18.9 Å². The van der Waals surface area contributed by atoms with Gasteiger partial charge in [-0.15, -0.1) is 0 Å². The number of benzene rings is 2. The molecule has 27 heavy (non-hydrogen) atoms. The number of ether oxygens (including phenoxy) is 2. The van der Waals surface area contributed by atoms with Crippen LogP contribution in [-0.2, 0) is 11.2 Å². The molecule has 2 aromatic rings. The molecule has 0 radical (unpaired) electrons. The van der Waals surface area contributed by atoms with E-state index < -0.39 is 24.1 Å². The molecule has 2 aromatic carbocycles. The van der Waals surface area contributed by atoms with Crippen LogP contribution in [-0.4, -0.2) is 30.7 Å². The second kappa shape index (κ2) is 9.56. The van der Waals surface area contributed by atoms with Gasteiger partial charge in [0.05, 0.1) is 20.1 Å². The molecule has 0 heterocycles. The fourth-order valence-electron chi connectivity index (χ4n) is 2.39. The summed E-state index contributed by atoms with van der Waals surface area (Å²) in [6.07, 6.45) is 1.50. The third kappa shape index (κ3) is 5.70. The number of anilines is 1. The van der Waals surface area contributed by atoms with Crippen LogP contribution in [0.25, 0.3) is 0 Å². The number of aliphatic carboxylic acids is 1. The van der Waals surface area contributed by atoms with Gasteiger partial charge in [0.25, 0.3) is 5.91 Å². The first-order chi connectivity index (χ1) is 12.9. The van der Waals surface area contributed by atoms with Gasteiger partial charge in [-0.2, -0.15) is 0 Å². The summed E-state index contributed by atoms with van der Waals surface area (Å²) in [5.74, 6) is -1.28. The van der Waals surface area contributed by atoms with Crippen LogP contribution in [0, 0.1) is 5.82 Å². The van der Waals surface area contributed by atoms with Crippen molar-refractivity contribution in [1.82, 2.24) is 0 Å². The second-order valence-corrected chi connectivity index (χ2v) is 5.90. The lowest BCUT2D eigenvalue weighted by atomic mass is 10.1. The van der Waals surface area contributed by atoms with Gasteiger partial charge < -0.3 is 19.9 Å². The molecule has 6 nitrogen and oxygen atoms in total. The number of hydrogen-bond donors (Lipinski definition) is 2. The van der Waals surface area contributed by atoms with Gasteiger partial charge in [0.2, 0.25) is 0 Å². The third-order valence-electron chi connectivity index (χ3n) is 3.83. The molecule has 144 valence electrons. The summed E-state index contributed by atoms with van der Waals surface area (Å²) in [4.78, 5) is 23.1. The van der Waals surface area contributed by atoms with Crippen molar-refractivity contribution in [3.63, 3.8) is 0 Å². The molecule has 0 saturated carbocycles. The SMILES string of the molecule is CCCCOc1ccc(C(=O)Nc2ccc(CC(=O)O)c(F)c2)cc1OC. The highest BCUT2D eigenvalue weighted by Crippen LogP contribution is 2.28. The summed E-state index contributed by atoms with van der Waals surface area (Å²) >= 11 is 0. The Morgan fingerprint density at radius 1 is 1.15 bits per heavy atom. The van der Waals surface area contributed by atoms with Crippen molar-refractivity contribution in [2.24, 2.45) is 0 Å². The van der Waals surface area contributed by atoms with E-state index in [1.54, 1.807) is 18.2 Å². The van der Waals surface area contributed by atoms with Gasteiger partial charge in [0.1, 0.15) is 5.82 Å². The van der Waals surface area contributed by atoms with E-state index in [1.807, 2.05) is 0 Å². The lowest BCUT2D eigenvalue weighted by molar-refractivity contribution is -0.136. The number of carbonyl (C=O) groups excluding carboxylic acids is 1. The average molecular weight is 375 g/mol. The van der Waals surface area contributed by atoms with Crippen LogP contribution >= 0.6 is 0 Å². The minimum Gasteiger partial charge on any atom is -0.493 e. The van der Waals surface area contributed by atoms with E-state index in [2.05, 4.69) is 12.2 Å². The van der Waals surface area contributed by atoms with E-state index in [9.17, 15) is 14.0 Å². The van der Waals surface area contributed by atoms with Crippen LogP contribution in [0.3, 0.4) is 0 Å². The quantitative estimate of drug-likeness (QED) is 0.650. The number of hydrogen-bond acceptors (Lipinski definition) is 4. The Morgan fingerprint density at radius 3 is 2.56 bits per heavy atom. The lowest BCUT2D eigenvalue weighted by Crippen LogP contribution is -2.13. The van der Waals surface area contributed by atoms with E-state index in [1.165, 1.54) is 19.2 Å². The molecule has 0 bridgehead atoms. The van der Waals surface area contributed by atoms with Gasteiger partial charge >= 0.3 is 5.97 Å². The van der Waals surface area contributed by atoms with E-state index in [-0.39, 0.29) is 11.3 Å². The number of rotatable bonds is 9. The Kier molecular flexibility index (Phi) is 7.16. The molecule has 1 amide bonds. The number of nitrogens with one attached hydrogen (secondary N) is 1.